The number of carbonyl (C=O) groups is 3. The number of aromatic nitrogens is 3. The monoisotopic (exact) mass is 744 g/mol. The number of nitrogens with zero attached hydrogens (tertiary/aromatic N) is 6. The lowest BCUT2D eigenvalue weighted by atomic mass is 9.71. The number of rotatable bonds is 6. The van der Waals surface area contributed by atoms with E-state index in [1.165, 1.54) is 10.2 Å². The van der Waals surface area contributed by atoms with Gasteiger partial charge < -0.3 is 20.0 Å². The third-order valence-corrected chi connectivity index (χ3v) is 12.1. The number of nitrogens with one attached hydrogen (secondary N) is 2. The van der Waals surface area contributed by atoms with Crippen LogP contribution in [0.4, 0.5) is 11.5 Å². The maximum absolute atomic E-state index is 13.6. The molecule has 2 N–H and O–H groups in total. The summed E-state index contributed by atoms with van der Waals surface area (Å²) in [5.41, 5.74) is 3.59. The van der Waals surface area contributed by atoms with Gasteiger partial charge in [-0.15, -0.1) is 0 Å². The van der Waals surface area contributed by atoms with E-state index in [4.69, 9.17) is 0 Å². The fourth-order valence-corrected chi connectivity index (χ4v) is 8.75. The molecular formula is C37H45BrN8O4. The van der Waals surface area contributed by atoms with Crippen molar-refractivity contribution in [2.45, 2.75) is 62.8 Å². The first-order valence-electron chi connectivity index (χ1n) is 17.7. The second-order valence-electron chi connectivity index (χ2n) is 14.7. The number of benzene rings is 1. The highest BCUT2D eigenvalue weighted by Gasteiger charge is 2.39. The van der Waals surface area contributed by atoms with E-state index in [0.717, 1.165) is 88.3 Å². The Balaban J connectivity index is 0.901. The van der Waals surface area contributed by atoms with E-state index in [0.29, 0.717) is 28.9 Å². The minimum atomic E-state index is -0.319. The number of pyridine rings is 1. The molecule has 0 aliphatic carbocycles. The zero-order valence-electron chi connectivity index (χ0n) is 28.7. The van der Waals surface area contributed by atoms with Crippen LogP contribution in [-0.2, 0) is 16.6 Å². The zero-order chi connectivity index (χ0) is 35.0. The van der Waals surface area contributed by atoms with Crippen LogP contribution < -0.4 is 21.1 Å². The Bertz CT molecular complexity index is 1800. The molecular weight excluding hydrogens is 700 g/mol. The van der Waals surface area contributed by atoms with Crippen LogP contribution in [0.1, 0.15) is 78.3 Å². The molecule has 7 rings (SSSR count). The Hall–Kier alpha value is -4.10. The number of hydrogen-bond acceptors (Lipinski definition) is 9. The SMILES string of the molecule is CN1C[C@H](Nc2cnn(C)c(=O)c2Br)C[C@H](c2ccc(C(=O)N3CCC4(CC3)CCN(c3ccc(C5CCC(=O)NC5=O)cn3)CC4)cc2)C1. The van der Waals surface area contributed by atoms with Crippen molar-refractivity contribution < 1.29 is 14.4 Å². The summed E-state index contributed by atoms with van der Waals surface area (Å²) in [6.45, 7) is 5.17. The second kappa shape index (κ2) is 14.3. The fraction of sp³-hybridized carbons (Fsp3) is 0.514. The lowest BCUT2D eigenvalue weighted by molar-refractivity contribution is -0.134. The third-order valence-electron chi connectivity index (χ3n) is 11.4. The van der Waals surface area contributed by atoms with Crippen LogP contribution in [0.5, 0.6) is 0 Å². The minimum absolute atomic E-state index is 0.104. The van der Waals surface area contributed by atoms with Crippen molar-refractivity contribution >= 4 is 45.2 Å². The smallest absolute Gasteiger partial charge is 0.282 e. The van der Waals surface area contributed by atoms with Crippen molar-refractivity contribution in [3.8, 4) is 0 Å². The van der Waals surface area contributed by atoms with Gasteiger partial charge in [0.1, 0.15) is 10.3 Å². The third kappa shape index (κ3) is 7.20. The van der Waals surface area contributed by atoms with E-state index in [2.05, 4.69) is 65.6 Å². The van der Waals surface area contributed by atoms with Gasteiger partial charge in [-0.1, -0.05) is 18.2 Å². The van der Waals surface area contributed by atoms with Gasteiger partial charge in [-0.3, -0.25) is 24.5 Å². The quantitative estimate of drug-likeness (QED) is 0.361. The Morgan fingerprint density at radius 2 is 1.62 bits per heavy atom. The molecule has 4 fully saturated rings. The molecule has 1 aromatic carbocycles. The first-order valence-corrected chi connectivity index (χ1v) is 18.5. The number of likely N-dealkylation sites (N-methyl/N-ethyl adjacent to an activating group) is 1. The molecule has 4 saturated heterocycles. The first kappa shape index (κ1) is 34.4. The van der Waals surface area contributed by atoms with Crippen LogP contribution in [0, 0.1) is 5.41 Å². The van der Waals surface area contributed by atoms with Crippen LogP contribution in [0.2, 0.25) is 0 Å². The highest BCUT2D eigenvalue weighted by Crippen LogP contribution is 2.42. The summed E-state index contributed by atoms with van der Waals surface area (Å²) >= 11 is 3.43. The summed E-state index contributed by atoms with van der Waals surface area (Å²) in [5, 5.41) is 10.1. The first-order chi connectivity index (χ1) is 24.1. The van der Waals surface area contributed by atoms with E-state index >= 15 is 0 Å². The molecule has 1 unspecified atom stereocenters. The number of anilines is 2. The molecule has 3 amide bonds. The fourth-order valence-electron chi connectivity index (χ4n) is 8.27. The Kier molecular flexibility index (Phi) is 9.80. The molecule has 0 bridgehead atoms. The Labute approximate surface area is 300 Å². The number of imide groups is 1. The number of hydrogen-bond donors (Lipinski definition) is 2. The maximum atomic E-state index is 13.6. The second-order valence-corrected chi connectivity index (χ2v) is 15.4. The van der Waals surface area contributed by atoms with Crippen LogP contribution in [-0.4, -0.2) is 94.6 Å². The lowest BCUT2D eigenvalue weighted by Gasteiger charge is -2.47. The molecule has 6 heterocycles. The molecule has 3 aromatic rings. The van der Waals surface area contributed by atoms with Gasteiger partial charge in [0.05, 0.1) is 17.8 Å². The van der Waals surface area contributed by atoms with Crippen molar-refractivity contribution in [2.24, 2.45) is 12.5 Å². The Morgan fingerprint density at radius 3 is 2.30 bits per heavy atom. The zero-order valence-corrected chi connectivity index (χ0v) is 30.3. The lowest BCUT2D eigenvalue weighted by Crippen LogP contribution is -2.48. The van der Waals surface area contributed by atoms with E-state index in [-0.39, 0.29) is 40.7 Å². The molecule has 50 heavy (non-hydrogen) atoms. The summed E-state index contributed by atoms with van der Waals surface area (Å²) in [7, 11) is 3.75. The van der Waals surface area contributed by atoms with E-state index in [9.17, 15) is 19.2 Å². The number of carbonyl (C=O) groups excluding carboxylic acids is 3. The van der Waals surface area contributed by atoms with Crippen molar-refractivity contribution in [2.75, 3.05) is 56.5 Å². The van der Waals surface area contributed by atoms with Gasteiger partial charge in [0.15, 0.2) is 0 Å². The van der Waals surface area contributed by atoms with Gasteiger partial charge in [0, 0.05) is 70.5 Å². The van der Waals surface area contributed by atoms with E-state index in [1.54, 1.807) is 19.4 Å². The van der Waals surface area contributed by atoms with Crippen molar-refractivity contribution in [1.29, 1.82) is 0 Å². The number of likely N-dealkylation sites (tertiary alicyclic amines) is 2. The van der Waals surface area contributed by atoms with Gasteiger partial charge >= 0.3 is 0 Å². The predicted octanol–water partition coefficient (Wildman–Crippen LogP) is 3.88. The maximum Gasteiger partial charge on any atom is 0.282 e. The largest absolute Gasteiger partial charge is 0.379 e. The Morgan fingerprint density at radius 1 is 0.920 bits per heavy atom. The predicted molar refractivity (Wildman–Crippen MR) is 194 cm³/mol. The number of halogens is 1. The van der Waals surface area contributed by atoms with Crippen LogP contribution in [0.15, 0.2) is 58.1 Å². The molecule has 2 aromatic heterocycles. The number of aryl methyl sites for hydroxylation is 1. The van der Waals surface area contributed by atoms with Crippen LogP contribution in [0.3, 0.4) is 0 Å². The molecule has 13 heteroatoms. The molecule has 0 saturated carbocycles. The van der Waals surface area contributed by atoms with Gasteiger partial charge in [0.25, 0.3) is 11.5 Å². The van der Waals surface area contributed by atoms with E-state index in [1.807, 2.05) is 29.2 Å². The van der Waals surface area contributed by atoms with Crippen LogP contribution in [0.25, 0.3) is 0 Å². The highest BCUT2D eigenvalue weighted by molar-refractivity contribution is 9.10. The summed E-state index contributed by atoms with van der Waals surface area (Å²) in [4.78, 5) is 61.0. The molecule has 4 aliphatic heterocycles. The van der Waals surface area contributed by atoms with Crippen molar-refractivity contribution in [1.82, 2.24) is 29.9 Å². The number of piperidine rings is 4. The van der Waals surface area contributed by atoms with Crippen molar-refractivity contribution in [3.63, 3.8) is 0 Å². The minimum Gasteiger partial charge on any atom is -0.379 e. The average molecular weight is 746 g/mol. The summed E-state index contributed by atoms with van der Waals surface area (Å²) < 4.78 is 1.80. The van der Waals surface area contributed by atoms with Gasteiger partial charge in [-0.05, 0) is 102 Å². The molecule has 4 aliphatic rings. The van der Waals surface area contributed by atoms with Crippen molar-refractivity contribution in [3.05, 3.63) is 80.3 Å². The normalized spacial score (nSPS) is 24.3. The van der Waals surface area contributed by atoms with Gasteiger partial charge in [0.2, 0.25) is 11.8 Å². The summed E-state index contributed by atoms with van der Waals surface area (Å²) in [6, 6.07) is 12.3. The molecule has 264 valence electrons. The topological polar surface area (TPSA) is 133 Å². The van der Waals surface area contributed by atoms with E-state index < -0.39 is 0 Å². The molecule has 3 atom stereocenters. The molecule has 1 spiro atoms. The van der Waals surface area contributed by atoms with Gasteiger partial charge in [-0.2, -0.15) is 5.10 Å². The number of amides is 3. The summed E-state index contributed by atoms with van der Waals surface area (Å²) in [5.74, 6) is 0.563. The summed E-state index contributed by atoms with van der Waals surface area (Å²) in [6.07, 6.45) is 9.42. The average Bonchev–Trinajstić information content (AvgIpc) is 3.12. The van der Waals surface area contributed by atoms with Gasteiger partial charge in [-0.25, -0.2) is 9.67 Å². The molecule has 12 nitrogen and oxygen atoms in total. The van der Waals surface area contributed by atoms with Crippen LogP contribution >= 0.6 is 15.9 Å². The highest BCUT2D eigenvalue weighted by atomic mass is 79.9. The standard InChI is InChI=1S/C37H45BrN8O4/c1-43-22-27(19-28(23-43)41-30-21-40-44(2)36(50)33(30)38)24-3-5-25(6-4-24)35(49)46-17-13-37(14-18-46)11-15-45(16-12-37)31-9-7-26(20-39-31)29-8-10-32(47)42-34(29)48/h3-7,9,20-21,27-29,41H,8,10-19,22-23H2,1-2H3,(H,42,47,48)/t27-,28+,29?/m0/s1. The molecule has 0 radical (unpaired) electrons.